The number of halogens is 1. The minimum atomic E-state index is -1.53. The third-order valence-electron chi connectivity index (χ3n) is 7.24. The Labute approximate surface area is 240 Å². The van der Waals surface area contributed by atoms with Gasteiger partial charge in [-0.05, 0) is 37.0 Å². The summed E-state index contributed by atoms with van der Waals surface area (Å²) in [6.07, 6.45) is -0.638. The quantitative estimate of drug-likeness (QED) is 0.249. The molecule has 0 radical (unpaired) electrons. The number of benzene rings is 1. The Kier molecular flexibility index (Phi) is 9.70. The highest BCUT2D eigenvalue weighted by atomic mass is 79.9. The molecule has 12 nitrogen and oxygen atoms in total. The van der Waals surface area contributed by atoms with E-state index in [9.17, 15) is 24.0 Å². The molecule has 0 N–H and O–H groups in total. The van der Waals surface area contributed by atoms with Crippen LogP contribution in [-0.2, 0) is 44.5 Å². The summed E-state index contributed by atoms with van der Waals surface area (Å²) < 4.78 is 33.9. The molecule has 4 unspecified atom stereocenters. The molecule has 3 rings (SSSR count). The summed E-state index contributed by atoms with van der Waals surface area (Å²) in [4.78, 5) is 63.2. The summed E-state index contributed by atoms with van der Waals surface area (Å²) in [5.41, 5.74) is -2.37. The molecule has 13 heteroatoms. The summed E-state index contributed by atoms with van der Waals surface area (Å²) in [6.45, 7) is 5.12. The molecule has 1 amide bonds. The van der Waals surface area contributed by atoms with E-state index in [0.29, 0.717) is 15.8 Å². The number of carbonyl (C=O) groups excluding carboxylic acids is 5. The van der Waals surface area contributed by atoms with Gasteiger partial charge in [0.2, 0.25) is 0 Å². The molecule has 1 aromatic rings. The third kappa shape index (κ3) is 6.34. The Morgan fingerprint density at radius 1 is 0.925 bits per heavy atom. The van der Waals surface area contributed by atoms with Crippen LogP contribution in [0.3, 0.4) is 0 Å². The number of hydrogen-bond acceptors (Lipinski definition) is 11. The lowest BCUT2D eigenvalue weighted by Gasteiger charge is -2.60. The topological polar surface area (TPSA) is 144 Å². The van der Waals surface area contributed by atoms with Crippen molar-refractivity contribution < 1.29 is 52.4 Å². The van der Waals surface area contributed by atoms with Crippen molar-refractivity contribution in [2.75, 3.05) is 20.8 Å². The second-order valence-electron chi connectivity index (χ2n) is 9.87. The zero-order chi connectivity index (χ0) is 29.8. The number of esters is 4. The molecule has 1 aromatic carbocycles. The highest BCUT2D eigenvalue weighted by Gasteiger charge is 2.68. The van der Waals surface area contributed by atoms with Crippen molar-refractivity contribution >= 4 is 45.9 Å². The third-order valence-corrected chi connectivity index (χ3v) is 7.98. The highest BCUT2D eigenvalue weighted by molar-refractivity contribution is 9.10. The summed E-state index contributed by atoms with van der Waals surface area (Å²) in [7, 11) is 2.67. The molecule has 0 bridgehead atoms. The van der Waals surface area contributed by atoms with Gasteiger partial charge >= 0.3 is 30.0 Å². The van der Waals surface area contributed by atoms with Gasteiger partial charge in [-0.3, -0.25) is 19.2 Å². The molecule has 0 spiro atoms. The Bertz CT molecular complexity index is 1190. The van der Waals surface area contributed by atoms with Gasteiger partial charge in [0, 0.05) is 51.6 Å². The number of amides is 1. The Balaban J connectivity index is 2.23. The first-order valence-corrected chi connectivity index (χ1v) is 13.5. The van der Waals surface area contributed by atoms with Gasteiger partial charge in [0.15, 0.2) is 22.7 Å². The normalized spacial score (nSPS) is 25.6. The van der Waals surface area contributed by atoms with Crippen LogP contribution in [-0.4, -0.2) is 79.0 Å². The molecule has 1 heterocycles. The van der Waals surface area contributed by atoms with Crippen LogP contribution in [0.4, 0.5) is 4.79 Å². The zero-order valence-electron chi connectivity index (χ0n) is 23.4. The maximum absolute atomic E-state index is 13.1. The van der Waals surface area contributed by atoms with Gasteiger partial charge < -0.3 is 33.3 Å². The van der Waals surface area contributed by atoms with Crippen molar-refractivity contribution in [2.24, 2.45) is 0 Å². The van der Waals surface area contributed by atoms with Crippen molar-refractivity contribution in [2.45, 2.75) is 83.1 Å². The monoisotopic (exact) mass is 627 g/mol. The largest absolute Gasteiger partial charge is 0.493 e. The van der Waals surface area contributed by atoms with E-state index < -0.39 is 53.3 Å². The fraction of sp³-hybridized carbons (Fsp3) is 0.593. The van der Waals surface area contributed by atoms with Crippen LogP contribution in [0.25, 0.3) is 0 Å². The number of fused-ring (bicyclic) bond motifs is 1. The molecule has 1 aliphatic carbocycles. The van der Waals surface area contributed by atoms with Crippen LogP contribution in [0, 0.1) is 0 Å². The second-order valence-corrected chi connectivity index (χ2v) is 10.7. The van der Waals surface area contributed by atoms with E-state index in [-0.39, 0.29) is 44.4 Å². The first kappa shape index (κ1) is 31.2. The van der Waals surface area contributed by atoms with E-state index in [0.717, 1.165) is 0 Å². The van der Waals surface area contributed by atoms with Crippen molar-refractivity contribution in [3.05, 3.63) is 22.2 Å². The number of methoxy groups -OCH3 is 2. The van der Waals surface area contributed by atoms with Gasteiger partial charge in [-0.2, -0.15) is 0 Å². The molecule has 2 fully saturated rings. The summed E-state index contributed by atoms with van der Waals surface area (Å²) in [5, 5.41) is 0. The number of likely N-dealkylation sites (tertiary alicyclic amines) is 1. The Morgan fingerprint density at radius 2 is 1.60 bits per heavy atom. The second kappa shape index (κ2) is 12.4. The van der Waals surface area contributed by atoms with Gasteiger partial charge in [-0.1, -0.05) is 15.9 Å². The zero-order valence-corrected chi connectivity index (χ0v) is 25.0. The molecule has 2 aliphatic rings. The average Bonchev–Trinajstić information content (AvgIpc) is 2.84. The Morgan fingerprint density at radius 3 is 2.15 bits per heavy atom. The van der Waals surface area contributed by atoms with Crippen molar-refractivity contribution in [1.29, 1.82) is 0 Å². The van der Waals surface area contributed by atoms with Gasteiger partial charge in [0.1, 0.15) is 6.10 Å². The first-order valence-electron chi connectivity index (χ1n) is 12.7. The average molecular weight is 628 g/mol. The molecule has 1 saturated heterocycles. The fourth-order valence-corrected chi connectivity index (χ4v) is 6.43. The fourth-order valence-electron chi connectivity index (χ4n) is 5.94. The lowest BCUT2D eigenvalue weighted by molar-refractivity contribution is -0.266. The minimum Gasteiger partial charge on any atom is -0.493 e. The number of ether oxygens (including phenoxy) is 6. The van der Waals surface area contributed by atoms with E-state index in [1.54, 1.807) is 12.1 Å². The highest BCUT2D eigenvalue weighted by Crippen LogP contribution is 2.53. The number of carbonyl (C=O) groups is 5. The lowest BCUT2D eigenvalue weighted by atomic mass is 9.61. The molecule has 1 saturated carbocycles. The summed E-state index contributed by atoms with van der Waals surface area (Å²) >= 11 is 3.53. The maximum atomic E-state index is 13.1. The molecule has 1 aliphatic heterocycles. The predicted octanol–water partition coefficient (Wildman–Crippen LogP) is 3.49. The number of piperidine rings is 1. The van der Waals surface area contributed by atoms with Crippen molar-refractivity contribution in [3.8, 4) is 11.5 Å². The molecule has 0 aromatic heterocycles. The first-order chi connectivity index (χ1) is 18.8. The van der Waals surface area contributed by atoms with Gasteiger partial charge in [-0.25, -0.2) is 4.79 Å². The molecular formula is C27H34BrNO11. The molecule has 4 atom stereocenters. The van der Waals surface area contributed by atoms with E-state index >= 15 is 0 Å². The van der Waals surface area contributed by atoms with Gasteiger partial charge in [-0.15, -0.1) is 0 Å². The van der Waals surface area contributed by atoms with Crippen LogP contribution >= 0.6 is 15.9 Å². The van der Waals surface area contributed by atoms with Gasteiger partial charge in [0.25, 0.3) is 0 Å². The van der Waals surface area contributed by atoms with E-state index in [1.165, 1.54) is 46.8 Å². The van der Waals surface area contributed by atoms with Crippen LogP contribution in [0.1, 0.15) is 58.9 Å². The van der Waals surface area contributed by atoms with E-state index in [2.05, 4.69) is 15.9 Å². The van der Waals surface area contributed by atoms with Crippen LogP contribution in [0.2, 0.25) is 0 Å². The molecule has 220 valence electrons. The number of rotatable bonds is 7. The van der Waals surface area contributed by atoms with Crippen LogP contribution < -0.4 is 9.47 Å². The van der Waals surface area contributed by atoms with Crippen molar-refractivity contribution in [1.82, 2.24) is 4.90 Å². The smallest absolute Gasteiger partial charge is 0.409 e. The van der Waals surface area contributed by atoms with E-state index in [4.69, 9.17) is 28.4 Å². The standard InChI is InChI=1S/C27H34BrNO11/c1-15(30)37-20-7-8-27(40-18(4)33)24(12-19-11-23(38-16(2)31)22(35-5)13-21(19)28)29(25(34)36-6)10-9-26(27,14-20)39-17(3)32/h11,13,20,24H,7-10,12,14H2,1-6H3. The molecule has 40 heavy (non-hydrogen) atoms. The van der Waals surface area contributed by atoms with Gasteiger partial charge in [0.05, 0.1) is 20.3 Å². The summed E-state index contributed by atoms with van der Waals surface area (Å²) in [5.74, 6) is -1.87. The number of nitrogens with zero attached hydrogens (tertiary/aromatic N) is 1. The van der Waals surface area contributed by atoms with Crippen molar-refractivity contribution in [3.63, 3.8) is 0 Å². The molecular weight excluding hydrogens is 594 g/mol. The van der Waals surface area contributed by atoms with Crippen LogP contribution in [0.5, 0.6) is 11.5 Å². The summed E-state index contributed by atoms with van der Waals surface area (Å²) in [6, 6.07) is 2.31. The predicted molar refractivity (Wildman–Crippen MR) is 142 cm³/mol. The lowest BCUT2D eigenvalue weighted by Crippen LogP contribution is -2.76. The maximum Gasteiger partial charge on any atom is 0.409 e. The SMILES string of the molecule is COC(=O)N1CCC2(OC(C)=O)CC(OC(C)=O)CCC2(OC(C)=O)C1Cc1cc(OC(C)=O)c(OC)cc1Br. The minimum absolute atomic E-state index is 0.0629. The van der Waals surface area contributed by atoms with Crippen LogP contribution in [0.15, 0.2) is 16.6 Å². The number of hydrogen-bond donors (Lipinski definition) is 0. The Hall–Kier alpha value is -3.35. The van der Waals surface area contributed by atoms with E-state index in [1.807, 2.05) is 0 Å².